The van der Waals surface area contributed by atoms with Gasteiger partial charge in [0.05, 0.1) is 18.8 Å². The van der Waals surface area contributed by atoms with E-state index >= 15 is 0 Å². The van der Waals surface area contributed by atoms with Crippen molar-refractivity contribution in [1.82, 2.24) is 24.4 Å². The van der Waals surface area contributed by atoms with E-state index in [4.69, 9.17) is 9.15 Å². The molecule has 0 unspecified atom stereocenters. The van der Waals surface area contributed by atoms with Crippen molar-refractivity contribution in [2.45, 2.75) is 12.8 Å². The van der Waals surface area contributed by atoms with Crippen LogP contribution in [-0.2, 0) is 20.5 Å². The van der Waals surface area contributed by atoms with Crippen LogP contribution in [0.5, 0.6) is 5.75 Å². The first kappa shape index (κ1) is 19.5. The highest BCUT2D eigenvalue weighted by molar-refractivity contribution is 5.99. The number of benzene rings is 1. The Bertz CT molecular complexity index is 1370. The van der Waals surface area contributed by atoms with Crippen molar-refractivity contribution in [3.05, 3.63) is 56.7 Å². The highest BCUT2D eigenvalue weighted by Gasteiger charge is 2.14. The van der Waals surface area contributed by atoms with Gasteiger partial charge in [0.1, 0.15) is 22.7 Å². The average molecular weight is 411 g/mol. The van der Waals surface area contributed by atoms with E-state index < -0.39 is 11.2 Å². The largest absolute Gasteiger partial charge is 0.496 e. The summed E-state index contributed by atoms with van der Waals surface area (Å²) in [7, 11) is 4.54. The molecule has 1 aromatic carbocycles. The van der Waals surface area contributed by atoms with Gasteiger partial charge in [0, 0.05) is 32.6 Å². The van der Waals surface area contributed by atoms with Crippen molar-refractivity contribution in [1.29, 1.82) is 0 Å². The maximum Gasteiger partial charge on any atom is 0.332 e. The van der Waals surface area contributed by atoms with Gasteiger partial charge < -0.3 is 19.5 Å². The number of nitrogens with zero attached hydrogens (tertiary/aromatic N) is 3. The molecule has 0 saturated carbocycles. The van der Waals surface area contributed by atoms with Crippen LogP contribution >= 0.6 is 0 Å². The first-order valence-corrected chi connectivity index (χ1v) is 9.38. The van der Waals surface area contributed by atoms with Gasteiger partial charge in [-0.3, -0.25) is 18.7 Å². The minimum atomic E-state index is -0.429. The fourth-order valence-corrected chi connectivity index (χ4v) is 3.39. The zero-order valence-electron chi connectivity index (χ0n) is 16.8. The second-order valence-electron chi connectivity index (χ2n) is 6.96. The standard InChI is InChI=1S/C20H21N5O5/c1-24-17-16(19(27)25(2)20(24)28)22-15(23-17)5-4-7-21-18(26)11-9-13(29-3)12-6-8-30-14(12)10-11/h6,8-10H,4-5,7H2,1-3H3,(H,21,26)(H,22,23). The number of hydrogen-bond acceptors (Lipinski definition) is 6. The molecule has 10 heteroatoms. The molecule has 10 nitrogen and oxygen atoms in total. The third-order valence-corrected chi connectivity index (χ3v) is 5.04. The molecule has 1 amide bonds. The van der Waals surface area contributed by atoms with E-state index in [1.165, 1.54) is 11.6 Å². The molecule has 0 radical (unpaired) electrons. The molecule has 4 aromatic rings. The van der Waals surface area contributed by atoms with Gasteiger partial charge in [-0.25, -0.2) is 9.78 Å². The molecular formula is C20H21N5O5. The Kier molecular flexibility index (Phi) is 4.90. The summed E-state index contributed by atoms with van der Waals surface area (Å²) in [6, 6.07) is 5.12. The molecule has 30 heavy (non-hydrogen) atoms. The van der Waals surface area contributed by atoms with Crippen LogP contribution in [0, 0.1) is 0 Å². The quantitative estimate of drug-likeness (QED) is 0.458. The van der Waals surface area contributed by atoms with Gasteiger partial charge in [-0.2, -0.15) is 0 Å². The van der Waals surface area contributed by atoms with Crippen LogP contribution in [0.15, 0.2) is 38.5 Å². The van der Waals surface area contributed by atoms with Crippen molar-refractivity contribution >= 4 is 28.0 Å². The third kappa shape index (κ3) is 3.25. The number of H-pyrrole nitrogens is 1. The Morgan fingerprint density at radius 3 is 2.83 bits per heavy atom. The summed E-state index contributed by atoms with van der Waals surface area (Å²) < 4.78 is 13.1. The molecular weight excluding hydrogens is 390 g/mol. The highest BCUT2D eigenvalue weighted by atomic mass is 16.5. The summed E-state index contributed by atoms with van der Waals surface area (Å²) in [5.74, 6) is 0.907. The van der Waals surface area contributed by atoms with Gasteiger partial charge in [0.2, 0.25) is 0 Å². The molecule has 0 bridgehead atoms. The lowest BCUT2D eigenvalue weighted by Crippen LogP contribution is -2.36. The zero-order chi connectivity index (χ0) is 21.4. The molecule has 0 aliphatic heterocycles. The first-order chi connectivity index (χ1) is 14.4. The molecule has 3 heterocycles. The van der Waals surface area contributed by atoms with Gasteiger partial charge in [-0.15, -0.1) is 0 Å². The van der Waals surface area contributed by atoms with Gasteiger partial charge in [0.25, 0.3) is 11.5 Å². The summed E-state index contributed by atoms with van der Waals surface area (Å²) in [6.45, 7) is 0.408. The summed E-state index contributed by atoms with van der Waals surface area (Å²) in [5.41, 5.74) is 0.785. The Morgan fingerprint density at radius 2 is 2.07 bits per heavy atom. The summed E-state index contributed by atoms with van der Waals surface area (Å²) in [5, 5.41) is 3.66. The smallest absolute Gasteiger partial charge is 0.332 e. The highest BCUT2D eigenvalue weighted by Crippen LogP contribution is 2.28. The summed E-state index contributed by atoms with van der Waals surface area (Å²) >= 11 is 0. The number of nitrogens with one attached hydrogen (secondary N) is 2. The number of amides is 1. The van der Waals surface area contributed by atoms with Crippen LogP contribution in [0.4, 0.5) is 0 Å². The first-order valence-electron chi connectivity index (χ1n) is 9.38. The van der Waals surface area contributed by atoms with E-state index in [9.17, 15) is 14.4 Å². The minimum Gasteiger partial charge on any atom is -0.496 e. The van der Waals surface area contributed by atoms with Crippen molar-refractivity contribution < 1.29 is 13.9 Å². The Balaban J connectivity index is 1.42. The molecule has 0 aliphatic rings. The van der Waals surface area contributed by atoms with Crippen LogP contribution in [0.25, 0.3) is 22.1 Å². The number of hydrogen-bond donors (Lipinski definition) is 2. The topological polar surface area (TPSA) is 124 Å². The minimum absolute atomic E-state index is 0.243. The fraction of sp³-hybridized carbons (Fsp3) is 0.300. The van der Waals surface area contributed by atoms with Gasteiger partial charge >= 0.3 is 5.69 Å². The second kappa shape index (κ2) is 7.54. The van der Waals surface area contributed by atoms with Gasteiger partial charge in [-0.05, 0) is 24.6 Å². The van der Waals surface area contributed by atoms with Crippen LogP contribution in [-0.4, -0.2) is 38.7 Å². The molecule has 0 aliphatic carbocycles. The molecule has 2 N–H and O–H groups in total. The molecule has 156 valence electrons. The molecule has 3 aromatic heterocycles. The van der Waals surface area contributed by atoms with Crippen molar-refractivity contribution in [3.8, 4) is 5.75 Å². The summed E-state index contributed by atoms with van der Waals surface area (Å²) in [6.07, 6.45) is 2.65. The maximum atomic E-state index is 12.5. The molecule has 0 fully saturated rings. The van der Waals surface area contributed by atoms with Crippen molar-refractivity contribution in [3.63, 3.8) is 0 Å². The number of ether oxygens (including phenoxy) is 1. The second-order valence-corrected chi connectivity index (χ2v) is 6.96. The van der Waals surface area contributed by atoms with Gasteiger partial charge in [0.15, 0.2) is 5.65 Å². The lowest BCUT2D eigenvalue weighted by Gasteiger charge is -2.07. The average Bonchev–Trinajstić information content (AvgIpc) is 3.40. The number of aromatic nitrogens is 4. The number of carbonyl (C=O) groups is 1. The van der Waals surface area contributed by atoms with Crippen molar-refractivity contribution in [2.24, 2.45) is 14.1 Å². The van der Waals surface area contributed by atoms with Crippen molar-refractivity contribution in [2.75, 3.05) is 13.7 Å². The molecule has 0 atom stereocenters. The van der Waals surface area contributed by atoms with Crippen LogP contribution in [0.1, 0.15) is 22.6 Å². The van der Waals surface area contributed by atoms with E-state index in [0.717, 1.165) is 9.95 Å². The molecule has 4 rings (SSSR count). The number of aromatic amines is 1. The zero-order valence-corrected chi connectivity index (χ0v) is 16.8. The van der Waals surface area contributed by atoms with E-state index in [2.05, 4.69) is 15.3 Å². The Labute approximate surface area is 170 Å². The Morgan fingerprint density at radius 1 is 1.27 bits per heavy atom. The van der Waals surface area contributed by atoms with Gasteiger partial charge in [-0.1, -0.05) is 0 Å². The number of carbonyl (C=O) groups excluding carboxylic acids is 1. The summed E-state index contributed by atoms with van der Waals surface area (Å²) in [4.78, 5) is 44.0. The number of methoxy groups -OCH3 is 1. The SMILES string of the molecule is COc1cc(C(=O)NCCCc2nc3c([nH]2)c(=O)n(C)c(=O)n3C)cc2occc12. The normalized spacial score (nSPS) is 11.3. The van der Waals surface area contributed by atoms with E-state index in [-0.39, 0.29) is 11.4 Å². The number of imidazole rings is 1. The number of rotatable bonds is 6. The third-order valence-electron chi connectivity index (χ3n) is 5.04. The Hall–Kier alpha value is -3.82. The predicted molar refractivity (Wildman–Crippen MR) is 110 cm³/mol. The van der Waals surface area contributed by atoms with Crippen LogP contribution in [0.2, 0.25) is 0 Å². The lowest BCUT2D eigenvalue weighted by molar-refractivity contribution is 0.0953. The number of fused-ring (bicyclic) bond motifs is 2. The number of aryl methyl sites for hydroxylation is 2. The van der Waals surface area contributed by atoms with Crippen LogP contribution < -0.4 is 21.3 Å². The van der Waals surface area contributed by atoms with E-state index in [1.807, 2.05) is 0 Å². The monoisotopic (exact) mass is 411 g/mol. The number of furan rings is 1. The lowest BCUT2D eigenvalue weighted by atomic mass is 10.1. The maximum absolute atomic E-state index is 12.5. The molecule has 0 spiro atoms. The van der Waals surface area contributed by atoms with E-state index in [1.54, 1.807) is 38.6 Å². The van der Waals surface area contributed by atoms with E-state index in [0.29, 0.717) is 47.8 Å². The fourth-order valence-electron chi connectivity index (χ4n) is 3.39. The molecule has 0 saturated heterocycles. The predicted octanol–water partition coefficient (Wildman–Crippen LogP) is 1.08. The van der Waals surface area contributed by atoms with Crippen LogP contribution in [0.3, 0.4) is 0 Å².